The van der Waals surface area contributed by atoms with Gasteiger partial charge in [0.2, 0.25) is 0 Å². The van der Waals surface area contributed by atoms with Crippen LogP contribution in [0.4, 0.5) is 13.2 Å². The molecule has 0 amide bonds. The van der Waals surface area contributed by atoms with E-state index in [1.54, 1.807) is 18.2 Å². The summed E-state index contributed by atoms with van der Waals surface area (Å²) in [5.74, 6) is -0.506. The van der Waals surface area contributed by atoms with Crippen molar-refractivity contribution in [1.82, 2.24) is 4.90 Å². The molecule has 2 aromatic rings. The van der Waals surface area contributed by atoms with Crippen molar-refractivity contribution in [3.05, 3.63) is 53.1 Å². The maximum Gasteiger partial charge on any atom is 0.416 e. The molecule has 7 heteroatoms. The first-order chi connectivity index (χ1) is 12.7. The molecule has 0 spiro atoms. The number of hydrogen-bond donors (Lipinski definition) is 1. The Morgan fingerprint density at radius 1 is 1.15 bits per heavy atom. The third kappa shape index (κ3) is 5.23. The molecular weight excluding hydrogens is 359 g/mol. The van der Waals surface area contributed by atoms with Crippen molar-refractivity contribution >= 4 is 5.97 Å². The van der Waals surface area contributed by atoms with Crippen LogP contribution in [0.5, 0.6) is 5.75 Å². The number of aliphatic carboxylic acids is 1. The van der Waals surface area contributed by atoms with Gasteiger partial charge in [-0.2, -0.15) is 13.2 Å². The summed E-state index contributed by atoms with van der Waals surface area (Å²) in [5.41, 5.74) is 1.50. The van der Waals surface area contributed by atoms with Gasteiger partial charge in [-0.25, -0.2) is 0 Å². The number of carbonyl (C=O) groups is 1. The minimum absolute atomic E-state index is 0.179. The first kappa shape index (κ1) is 20.8. The fourth-order valence-electron chi connectivity index (χ4n) is 2.82. The molecule has 0 saturated heterocycles. The molecule has 0 saturated carbocycles. The van der Waals surface area contributed by atoms with E-state index >= 15 is 0 Å². The highest BCUT2D eigenvalue weighted by atomic mass is 19.4. The van der Waals surface area contributed by atoms with Gasteiger partial charge in [-0.15, -0.1) is 0 Å². The highest BCUT2D eigenvalue weighted by Gasteiger charge is 2.31. The highest BCUT2D eigenvalue weighted by Crippen LogP contribution is 2.37. The average molecular weight is 381 g/mol. The zero-order chi connectivity index (χ0) is 20.2. The Labute approximate surface area is 156 Å². The second kappa shape index (κ2) is 8.43. The molecule has 146 valence electrons. The second-order valence-electron chi connectivity index (χ2n) is 6.31. The van der Waals surface area contributed by atoms with Crippen molar-refractivity contribution in [2.45, 2.75) is 26.1 Å². The predicted octanol–water partition coefficient (Wildman–Crippen LogP) is 4.46. The molecule has 2 rings (SSSR count). The van der Waals surface area contributed by atoms with Gasteiger partial charge in [-0.1, -0.05) is 19.1 Å². The zero-order valence-electron chi connectivity index (χ0n) is 15.4. The standard InChI is InChI=1S/C20H22F3NO3/c1-4-24(2)12-14-11-15(20(21,22)23)6-7-16(14)17-9-13(10-19(25)26)5-8-18(17)27-3/h5-9,11H,4,10,12H2,1-3H3,(H,25,26). The first-order valence-electron chi connectivity index (χ1n) is 8.43. The molecule has 0 fully saturated rings. The largest absolute Gasteiger partial charge is 0.496 e. The quantitative estimate of drug-likeness (QED) is 0.769. The molecule has 0 aliphatic heterocycles. The SMILES string of the molecule is CCN(C)Cc1cc(C(F)(F)F)ccc1-c1cc(CC(=O)O)ccc1OC. The Morgan fingerprint density at radius 2 is 1.85 bits per heavy atom. The summed E-state index contributed by atoms with van der Waals surface area (Å²) in [5, 5.41) is 9.02. The molecule has 0 aliphatic carbocycles. The van der Waals surface area contributed by atoms with Crippen molar-refractivity contribution in [2.24, 2.45) is 0 Å². The molecule has 0 radical (unpaired) electrons. The van der Waals surface area contributed by atoms with Gasteiger partial charge in [0, 0.05) is 12.1 Å². The second-order valence-corrected chi connectivity index (χ2v) is 6.31. The lowest BCUT2D eigenvalue weighted by molar-refractivity contribution is -0.138. The van der Waals surface area contributed by atoms with E-state index < -0.39 is 17.7 Å². The van der Waals surface area contributed by atoms with Crippen LogP contribution in [0.1, 0.15) is 23.6 Å². The Balaban J connectivity index is 2.63. The van der Waals surface area contributed by atoms with Crippen molar-refractivity contribution in [3.8, 4) is 16.9 Å². The number of rotatable bonds is 7. The normalized spacial score (nSPS) is 11.7. The summed E-state index contributed by atoms with van der Waals surface area (Å²) in [6.45, 7) is 2.91. The highest BCUT2D eigenvalue weighted by molar-refractivity contribution is 5.77. The number of nitrogens with zero attached hydrogens (tertiary/aromatic N) is 1. The topological polar surface area (TPSA) is 49.8 Å². The number of methoxy groups -OCH3 is 1. The molecule has 0 bridgehead atoms. The third-order valence-electron chi connectivity index (χ3n) is 4.32. The van der Waals surface area contributed by atoms with Gasteiger partial charge in [0.25, 0.3) is 0 Å². The molecule has 0 atom stereocenters. The summed E-state index contributed by atoms with van der Waals surface area (Å²) < 4.78 is 44.9. The van der Waals surface area contributed by atoms with E-state index in [2.05, 4.69) is 0 Å². The van der Waals surface area contributed by atoms with Gasteiger partial charge in [0.1, 0.15) is 5.75 Å². The van der Waals surface area contributed by atoms with Crippen LogP contribution in [-0.2, 0) is 23.9 Å². The monoisotopic (exact) mass is 381 g/mol. The van der Waals surface area contributed by atoms with Crippen LogP contribution in [0.15, 0.2) is 36.4 Å². The van der Waals surface area contributed by atoms with E-state index in [1.165, 1.54) is 13.2 Å². The number of carboxylic acids is 1. The first-order valence-corrected chi connectivity index (χ1v) is 8.43. The molecule has 27 heavy (non-hydrogen) atoms. The number of carboxylic acid groups (broad SMARTS) is 1. The average Bonchev–Trinajstić information content (AvgIpc) is 2.60. The van der Waals surface area contributed by atoms with Crippen LogP contribution in [0, 0.1) is 0 Å². The lowest BCUT2D eigenvalue weighted by Crippen LogP contribution is -2.18. The Hall–Kier alpha value is -2.54. The van der Waals surface area contributed by atoms with Crippen molar-refractivity contribution in [2.75, 3.05) is 20.7 Å². The molecule has 0 aliphatic rings. The van der Waals surface area contributed by atoms with Crippen LogP contribution in [0.25, 0.3) is 11.1 Å². The number of alkyl halides is 3. The molecule has 2 aromatic carbocycles. The van der Waals surface area contributed by atoms with Gasteiger partial charge in [0.05, 0.1) is 19.1 Å². The van der Waals surface area contributed by atoms with E-state index in [-0.39, 0.29) is 6.42 Å². The van der Waals surface area contributed by atoms with E-state index in [4.69, 9.17) is 9.84 Å². The molecule has 0 aromatic heterocycles. The van der Waals surface area contributed by atoms with Gasteiger partial charge in [-0.3, -0.25) is 4.79 Å². The Bertz CT molecular complexity index is 819. The smallest absolute Gasteiger partial charge is 0.416 e. The van der Waals surface area contributed by atoms with Crippen molar-refractivity contribution in [1.29, 1.82) is 0 Å². The molecule has 1 N–H and O–H groups in total. The summed E-state index contributed by atoms with van der Waals surface area (Å²) in [6, 6.07) is 8.53. The van der Waals surface area contributed by atoms with Crippen LogP contribution >= 0.6 is 0 Å². The van der Waals surface area contributed by atoms with E-state index in [0.29, 0.717) is 41.1 Å². The third-order valence-corrected chi connectivity index (χ3v) is 4.32. The number of benzene rings is 2. The maximum atomic E-state index is 13.2. The van der Waals surface area contributed by atoms with Gasteiger partial charge in [0.15, 0.2) is 0 Å². The minimum Gasteiger partial charge on any atom is -0.496 e. The van der Waals surface area contributed by atoms with Crippen LogP contribution in [0.2, 0.25) is 0 Å². The summed E-state index contributed by atoms with van der Waals surface area (Å²) >= 11 is 0. The molecular formula is C20H22F3NO3. The molecule has 0 unspecified atom stereocenters. The van der Waals surface area contributed by atoms with Crippen molar-refractivity contribution < 1.29 is 27.8 Å². The summed E-state index contributed by atoms with van der Waals surface area (Å²) in [6.07, 6.45) is -4.62. The summed E-state index contributed by atoms with van der Waals surface area (Å²) in [4.78, 5) is 12.9. The molecule has 0 heterocycles. The van der Waals surface area contributed by atoms with Gasteiger partial charge < -0.3 is 14.7 Å². The number of ether oxygens (including phenoxy) is 1. The lowest BCUT2D eigenvalue weighted by atomic mass is 9.94. The lowest BCUT2D eigenvalue weighted by Gasteiger charge is -2.20. The van der Waals surface area contributed by atoms with Crippen LogP contribution in [0.3, 0.4) is 0 Å². The number of halogens is 3. The fourth-order valence-corrected chi connectivity index (χ4v) is 2.82. The Kier molecular flexibility index (Phi) is 6.49. The summed E-state index contributed by atoms with van der Waals surface area (Å²) in [7, 11) is 3.29. The van der Waals surface area contributed by atoms with E-state index in [9.17, 15) is 18.0 Å². The van der Waals surface area contributed by atoms with Crippen molar-refractivity contribution in [3.63, 3.8) is 0 Å². The molecule has 4 nitrogen and oxygen atoms in total. The maximum absolute atomic E-state index is 13.2. The Morgan fingerprint density at radius 3 is 2.41 bits per heavy atom. The minimum atomic E-state index is -4.44. The fraction of sp³-hybridized carbons (Fsp3) is 0.350. The van der Waals surface area contributed by atoms with Gasteiger partial charge in [-0.05, 0) is 54.5 Å². The number of hydrogen-bond acceptors (Lipinski definition) is 3. The zero-order valence-corrected chi connectivity index (χ0v) is 15.4. The van der Waals surface area contributed by atoms with E-state index in [0.717, 1.165) is 12.1 Å². The van der Waals surface area contributed by atoms with E-state index in [1.807, 2.05) is 18.9 Å². The van der Waals surface area contributed by atoms with Crippen LogP contribution < -0.4 is 4.74 Å². The predicted molar refractivity (Wildman–Crippen MR) is 96.8 cm³/mol. The van der Waals surface area contributed by atoms with Crippen LogP contribution in [-0.4, -0.2) is 36.7 Å². The van der Waals surface area contributed by atoms with Gasteiger partial charge >= 0.3 is 12.1 Å².